The van der Waals surface area contributed by atoms with E-state index in [4.69, 9.17) is 0 Å². The Balaban J connectivity index is 4.14. The molecule has 0 aliphatic heterocycles. The predicted molar refractivity (Wildman–Crippen MR) is 57.4 cm³/mol. The Kier molecular flexibility index (Phi) is 7.23. The highest BCUT2D eigenvalue weighted by atomic mass is 14.1. The van der Waals surface area contributed by atoms with Crippen molar-refractivity contribution >= 4 is 0 Å². The van der Waals surface area contributed by atoms with E-state index < -0.39 is 0 Å². The van der Waals surface area contributed by atoms with Crippen LogP contribution in [0.1, 0.15) is 66.2 Å². The van der Waals surface area contributed by atoms with Crippen molar-refractivity contribution in [3.05, 3.63) is 11.1 Å². The lowest BCUT2D eigenvalue weighted by Crippen LogP contribution is -1.90. The summed E-state index contributed by atoms with van der Waals surface area (Å²) in [5.74, 6) is 0. The molecule has 0 aromatic heterocycles. The lowest BCUT2D eigenvalue weighted by molar-refractivity contribution is 0.743. The zero-order valence-corrected chi connectivity index (χ0v) is 9.24. The lowest BCUT2D eigenvalue weighted by Gasteiger charge is -2.10. The van der Waals surface area contributed by atoms with Gasteiger partial charge in [0.05, 0.1) is 0 Å². The van der Waals surface area contributed by atoms with Gasteiger partial charge in [0.2, 0.25) is 0 Å². The minimum atomic E-state index is 1.25. The smallest absolute Gasteiger partial charge is 0.0318 e. The molecule has 0 bridgehead atoms. The molecule has 0 atom stereocenters. The molecule has 0 aliphatic carbocycles. The molecule has 0 nitrogen and oxygen atoms in total. The minimum absolute atomic E-state index is 1.25. The van der Waals surface area contributed by atoms with Gasteiger partial charge in [0.1, 0.15) is 0 Å². The summed E-state index contributed by atoms with van der Waals surface area (Å²) in [6, 6.07) is 0. The second kappa shape index (κ2) is 7.39. The van der Waals surface area contributed by atoms with Crippen LogP contribution in [0.5, 0.6) is 0 Å². The van der Waals surface area contributed by atoms with Gasteiger partial charge in [-0.25, -0.2) is 0 Å². The highest BCUT2D eigenvalue weighted by Crippen LogP contribution is 2.20. The van der Waals surface area contributed by atoms with E-state index in [1.54, 1.807) is 11.1 Å². The molecule has 0 heterocycles. The number of allylic oxidation sites excluding steroid dienone is 2. The Morgan fingerprint density at radius 3 is 1.58 bits per heavy atom. The first-order valence-electron chi connectivity index (χ1n) is 5.49. The van der Waals surface area contributed by atoms with Gasteiger partial charge >= 0.3 is 0 Å². The molecule has 0 amide bonds. The first-order valence-corrected chi connectivity index (χ1v) is 5.49. The topological polar surface area (TPSA) is 0 Å². The van der Waals surface area contributed by atoms with Crippen LogP contribution < -0.4 is 0 Å². The normalized spacial score (nSPS) is 10.0. The summed E-state index contributed by atoms with van der Waals surface area (Å²) in [5.41, 5.74) is 3.42. The maximum atomic E-state index is 2.29. The molecular weight excluding hydrogens is 144 g/mol. The molecule has 0 spiro atoms. The van der Waals surface area contributed by atoms with Crippen LogP contribution in [-0.2, 0) is 0 Å². The second-order valence-electron chi connectivity index (χ2n) is 3.37. The molecule has 0 aromatic rings. The number of hydrogen-bond acceptors (Lipinski definition) is 0. The van der Waals surface area contributed by atoms with Crippen LogP contribution in [-0.4, -0.2) is 0 Å². The minimum Gasteiger partial charge on any atom is -0.0716 e. The molecule has 0 saturated carbocycles. The van der Waals surface area contributed by atoms with Crippen LogP contribution in [0.2, 0.25) is 0 Å². The van der Waals surface area contributed by atoms with Gasteiger partial charge in [-0.15, -0.1) is 0 Å². The summed E-state index contributed by atoms with van der Waals surface area (Å²) in [6.07, 6.45) is 7.80. The van der Waals surface area contributed by atoms with Gasteiger partial charge in [0.15, 0.2) is 0 Å². The summed E-state index contributed by atoms with van der Waals surface area (Å²) in [6.45, 7) is 9.11. The predicted octanol–water partition coefficient (Wildman–Crippen LogP) is 4.70. The van der Waals surface area contributed by atoms with Gasteiger partial charge < -0.3 is 0 Å². The second-order valence-corrected chi connectivity index (χ2v) is 3.37. The Morgan fingerprint density at radius 2 is 1.25 bits per heavy atom. The quantitative estimate of drug-likeness (QED) is 0.504. The summed E-state index contributed by atoms with van der Waals surface area (Å²) in [4.78, 5) is 0. The molecule has 0 N–H and O–H groups in total. The van der Waals surface area contributed by atoms with Crippen molar-refractivity contribution < 1.29 is 0 Å². The monoisotopic (exact) mass is 168 g/mol. The van der Waals surface area contributed by atoms with Crippen molar-refractivity contribution in [3.63, 3.8) is 0 Å². The Hall–Kier alpha value is -0.260. The van der Waals surface area contributed by atoms with E-state index in [1.165, 1.54) is 38.5 Å². The van der Waals surface area contributed by atoms with E-state index in [2.05, 4.69) is 27.7 Å². The third-order valence-corrected chi connectivity index (χ3v) is 2.61. The van der Waals surface area contributed by atoms with E-state index in [-0.39, 0.29) is 0 Å². The van der Waals surface area contributed by atoms with Crippen molar-refractivity contribution in [1.82, 2.24) is 0 Å². The zero-order chi connectivity index (χ0) is 9.40. The highest BCUT2D eigenvalue weighted by Gasteiger charge is 2.00. The first-order chi connectivity index (χ1) is 5.79. The fourth-order valence-electron chi connectivity index (χ4n) is 1.74. The molecule has 0 radical (unpaired) electrons. The Bertz CT molecular complexity index is 125. The number of hydrogen-bond donors (Lipinski definition) is 0. The molecule has 0 heteroatoms. The van der Waals surface area contributed by atoms with Crippen LogP contribution in [0.15, 0.2) is 11.1 Å². The molecule has 0 rings (SSSR count). The van der Waals surface area contributed by atoms with Gasteiger partial charge in [-0.2, -0.15) is 0 Å². The highest BCUT2D eigenvalue weighted by molar-refractivity contribution is 5.13. The van der Waals surface area contributed by atoms with E-state index >= 15 is 0 Å². The molecule has 72 valence electrons. The average molecular weight is 168 g/mol. The van der Waals surface area contributed by atoms with Crippen LogP contribution in [0.25, 0.3) is 0 Å². The first kappa shape index (κ1) is 11.7. The third kappa shape index (κ3) is 3.94. The van der Waals surface area contributed by atoms with Gasteiger partial charge in [-0.1, -0.05) is 45.3 Å². The van der Waals surface area contributed by atoms with Crippen molar-refractivity contribution in [3.8, 4) is 0 Å². The van der Waals surface area contributed by atoms with Gasteiger partial charge in [0, 0.05) is 0 Å². The summed E-state index contributed by atoms with van der Waals surface area (Å²) >= 11 is 0. The van der Waals surface area contributed by atoms with Gasteiger partial charge in [0.25, 0.3) is 0 Å². The van der Waals surface area contributed by atoms with Crippen molar-refractivity contribution in [1.29, 1.82) is 0 Å². The molecule has 0 unspecified atom stereocenters. The molecular formula is C12H24. The number of unbranched alkanes of at least 4 members (excludes halogenated alkanes) is 1. The standard InChI is InChI=1S/C12H24/c1-5-9-10-12(8-4)11(6-2)7-3/h5-10H2,1-4H3. The van der Waals surface area contributed by atoms with E-state index in [9.17, 15) is 0 Å². The van der Waals surface area contributed by atoms with Crippen LogP contribution in [0.4, 0.5) is 0 Å². The van der Waals surface area contributed by atoms with E-state index in [0.717, 1.165) is 0 Å². The van der Waals surface area contributed by atoms with E-state index in [0.29, 0.717) is 0 Å². The Labute approximate surface area is 78.1 Å². The maximum Gasteiger partial charge on any atom is -0.0318 e. The molecule has 12 heavy (non-hydrogen) atoms. The van der Waals surface area contributed by atoms with Crippen molar-refractivity contribution in [2.45, 2.75) is 66.2 Å². The summed E-state index contributed by atoms with van der Waals surface area (Å²) in [7, 11) is 0. The zero-order valence-electron chi connectivity index (χ0n) is 9.24. The third-order valence-electron chi connectivity index (χ3n) is 2.61. The van der Waals surface area contributed by atoms with Crippen molar-refractivity contribution in [2.75, 3.05) is 0 Å². The molecule has 0 saturated heterocycles. The SMILES string of the molecule is CCCCC(CC)=C(CC)CC. The summed E-state index contributed by atoms with van der Waals surface area (Å²) < 4.78 is 0. The van der Waals surface area contributed by atoms with Crippen LogP contribution in [0, 0.1) is 0 Å². The van der Waals surface area contributed by atoms with Crippen LogP contribution >= 0.6 is 0 Å². The lowest BCUT2D eigenvalue weighted by atomic mass is 9.97. The van der Waals surface area contributed by atoms with Gasteiger partial charge in [-0.3, -0.25) is 0 Å². The summed E-state index contributed by atoms with van der Waals surface area (Å²) in [5, 5.41) is 0. The number of rotatable bonds is 6. The fourth-order valence-corrected chi connectivity index (χ4v) is 1.74. The van der Waals surface area contributed by atoms with Crippen LogP contribution in [0.3, 0.4) is 0 Å². The largest absolute Gasteiger partial charge is 0.0716 e. The van der Waals surface area contributed by atoms with Gasteiger partial charge in [-0.05, 0) is 32.1 Å². The molecule has 0 aliphatic rings. The molecule has 0 aromatic carbocycles. The van der Waals surface area contributed by atoms with Crippen molar-refractivity contribution in [2.24, 2.45) is 0 Å². The average Bonchev–Trinajstić information content (AvgIpc) is 2.12. The molecule has 0 fully saturated rings. The fraction of sp³-hybridized carbons (Fsp3) is 0.833. The maximum absolute atomic E-state index is 2.29. The van der Waals surface area contributed by atoms with E-state index in [1.807, 2.05) is 0 Å². The Morgan fingerprint density at radius 1 is 0.750 bits per heavy atom.